The van der Waals surface area contributed by atoms with E-state index in [2.05, 4.69) is 15.3 Å². The molecule has 0 aliphatic heterocycles. The van der Waals surface area contributed by atoms with E-state index in [1.165, 1.54) is 11.3 Å². The van der Waals surface area contributed by atoms with Gasteiger partial charge in [0.05, 0.1) is 21.1 Å². The van der Waals surface area contributed by atoms with Crippen molar-refractivity contribution in [3.05, 3.63) is 46.6 Å². The first-order valence-corrected chi connectivity index (χ1v) is 8.82. The topological polar surface area (TPSA) is 51.8 Å². The molecule has 3 rings (SSSR count). The lowest BCUT2D eigenvalue weighted by molar-refractivity contribution is 1.23. The maximum atomic E-state index is 6.18. The number of rotatable bonds is 4. The number of nitrogens with two attached hydrogens (primary N) is 1. The first-order valence-electron chi connectivity index (χ1n) is 5.76. The zero-order valence-corrected chi connectivity index (χ0v) is 13.5. The molecule has 0 atom stereocenters. The highest BCUT2D eigenvalue weighted by atomic mass is 35.5. The SMILES string of the molecule is Nc1ncc(SCc2csc(-c3ccccc3Cl)n2)s1. The molecule has 0 unspecified atom stereocenters. The fourth-order valence-corrected chi connectivity index (χ4v) is 4.51. The van der Waals surface area contributed by atoms with Crippen LogP contribution >= 0.6 is 46.0 Å². The van der Waals surface area contributed by atoms with Crippen LogP contribution in [0.15, 0.2) is 40.1 Å². The molecule has 2 heterocycles. The molecule has 2 N–H and O–H groups in total. The summed E-state index contributed by atoms with van der Waals surface area (Å²) < 4.78 is 1.11. The van der Waals surface area contributed by atoms with Crippen LogP contribution in [0.4, 0.5) is 5.13 Å². The van der Waals surface area contributed by atoms with Crippen molar-refractivity contribution in [1.82, 2.24) is 9.97 Å². The van der Waals surface area contributed by atoms with E-state index < -0.39 is 0 Å². The molecule has 0 bridgehead atoms. The molecule has 20 heavy (non-hydrogen) atoms. The lowest BCUT2D eigenvalue weighted by Crippen LogP contribution is -1.82. The summed E-state index contributed by atoms with van der Waals surface area (Å²) in [4.78, 5) is 8.66. The van der Waals surface area contributed by atoms with Crippen molar-refractivity contribution >= 4 is 51.2 Å². The van der Waals surface area contributed by atoms with Gasteiger partial charge in [-0.3, -0.25) is 0 Å². The number of halogens is 1. The Hall–Kier alpha value is -1.08. The van der Waals surface area contributed by atoms with E-state index in [9.17, 15) is 0 Å². The Kier molecular flexibility index (Phi) is 4.26. The quantitative estimate of drug-likeness (QED) is 0.694. The largest absolute Gasteiger partial charge is 0.375 e. The smallest absolute Gasteiger partial charge is 0.181 e. The van der Waals surface area contributed by atoms with Gasteiger partial charge in [-0.05, 0) is 6.07 Å². The second-order valence-corrected chi connectivity index (χ2v) is 7.53. The number of hydrogen-bond acceptors (Lipinski definition) is 6. The normalized spacial score (nSPS) is 10.8. The number of benzene rings is 1. The molecule has 0 amide bonds. The molecular weight excluding hydrogens is 330 g/mol. The molecule has 0 fully saturated rings. The average molecular weight is 340 g/mol. The van der Waals surface area contributed by atoms with Gasteiger partial charge in [0.1, 0.15) is 5.01 Å². The van der Waals surface area contributed by atoms with Gasteiger partial charge in [-0.1, -0.05) is 41.1 Å². The molecule has 102 valence electrons. The highest BCUT2D eigenvalue weighted by Crippen LogP contribution is 2.33. The monoisotopic (exact) mass is 339 g/mol. The van der Waals surface area contributed by atoms with E-state index >= 15 is 0 Å². The van der Waals surface area contributed by atoms with Crippen LogP contribution in [-0.4, -0.2) is 9.97 Å². The van der Waals surface area contributed by atoms with Crippen LogP contribution in [0.5, 0.6) is 0 Å². The van der Waals surface area contributed by atoms with Crippen LogP contribution in [0.3, 0.4) is 0 Å². The standard InChI is InChI=1S/C13H10ClN3S3/c14-10-4-2-1-3-9(10)12-17-8(7-19-12)6-18-11-5-16-13(15)20-11/h1-5,7H,6H2,(H2,15,16). The third-order valence-corrected chi connectivity index (χ3v) is 5.83. The van der Waals surface area contributed by atoms with Crippen molar-refractivity contribution < 1.29 is 0 Å². The summed E-state index contributed by atoms with van der Waals surface area (Å²) in [5, 5.41) is 4.35. The van der Waals surface area contributed by atoms with E-state index in [1.54, 1.807) is 29.3 Å². The zero-order valence-electron chi connectivity index (χ0n) is 10.2. The Labute approximate surface area is 133 Å². The summed E-state index contributed by atoms with van der Waals surface area (Å²) in [6, 6.07) is 7.76. The van der Waals surface area contributed by atoms with E-state index in [0.717, 1.165) is 31.2 Å². The minimum absolute atomic E-state index is 0.600. The Morgan fingerprint density at radius 1 is 1.30 bits per heavy atom. The number of nitrogen functional groups attached to an aromatic ring is 1. The lowest BCUT2D eigenvalue weighted by Gasteiger charge is -1.98. The van der Waals surface area contributed by atoms with Crippen LogP contribution in [0.25, 0.3) is 10.6 Å². The van der Waals surface area contributed by atoms with E-state index in [4.69, 9.17) is 17.3 Å². The Morgan fingerprint density at radius 3 is 2.90 bits per heavy atom. The lowest BCUT2D eigenvalue weighted by atomic mass is 10.2. The summed E-state index contributed by atoms with van der Waals surface area (Å²) in [6.07, 6.45) is 1.80. The van der Waals surface area contributed by atoms with Gasteiger partial charge in [-0.15, -0.1) is 23.1 Å². The predicted molar refractivity (Wildman–Crippen MR) is 88.6 cm³/mol. The van der Waals surface area contributed by atoms with Gasteiger partial charge in [0.2, 0.25) is 0 Å². The van der Waals surface area contributed by atoms with Gasteiger partial charge in [-0.2, -0.15) is 0 Å². The van der Waals surface area contributed by atoms with Crippen LogP contribution < -0.4 is 5.73 Å². The molecule has 3 nitrogen and oxygen atoms in total. The summed E-state index contributed by atoms with van der Waals surface area (Å²) >= 11 is 11.0. The summed E-state index contributed by atoms with van der Waals surface area (Å²) in [6.45, 7) is 0. The van der Waals surface area contributed by atoms with Crippen molar-refractivity contribution in [2.45, 2.75) is 9.96 Å². The second-order valence-electron chi connectivity index (χ2n) is 3.93. The maximum Gasteiger partial charge on any atom is 0.181 e. The molecule has 1 aromatic carbocycles. The molecule has 0 aliphatic carbocycles. The number of thioether (sulfide) groups is 1. The van der Waals surface area contributed by atoms with E-state index in [1.807, 2.05) is 24.3 Å². The molecule has 7 heteroatoms. The van der Waals surface area contributed by atoms with Crippen molar-refractivity contribution in [1.29, 1.82) is 0 Å². The van der Waals surface area contributed by atoms with Gasteiger partial charge in [0.25, 0.3) is 0 Å². The fraction of sp³-hybridized carbons (Fsp3) is 0.0769. The van der Waals surface area contributed by atoms with Gasteiger partial charge in [0.15, 0.2) is 5.13 Å². The highest BCUT2D eigenvalue weighted by molar-refractivity contribution is 8.00. The molecule has 2 aromatic heterocycles. The number of thiazole rings is 2. The van der Waals surface area contributed by atoms with Gasteiger partial charge in [-0.25, -0.2) is 9.97 Å². The molecule has 3 aromatic rings. The van der Waals surface area contributed by atoms with Gasteiger partial charge in [0, 0.05) is 16.7 Å². The van der Waals surface area contributed by atoms with Crippen molar-refractivity contribution in [3.63, 3.8) is 0 Å². The predicted octanol–water partition coefficient (Wildman–Crippen LogP) is 4.79. The first kappa shape index (κ1) is 13.9. The first-order chi connectivity index (χ1) is 9.72. The van der Waals surface area contributed by atoms with E-state index in [0.29, 0.717) is 5.13 Å². The number of nitrogens with zero attached hydrogens (tertiary/aromatic N) is 2. The Bertz CT molecular complexity index is 723. The van der Waals surface area contributed by atoms with Gasteiger partial charge < -0.3 is 5.73 Å². The number of aromatic nitrogens is 2. The Balaban J connectivity index is 1.72. The maximum absolute atomic E-state index is 6.18. The molecule has 0 saturated heterocycles. The third kappa shape index (κ3) is 3.15. The molecule has 0 aliphatic rings. The second kappa shape index (κ2) is 6.13. The summed E-state index contributed by atoms with van der Waals surface area (Å²) in [5.41, 5.74) is 7.64. The van der Waals surface area contributed by atoms with Crippen molar-refractivity contribution in [3.8, 4) is 10.6 Å². The van der Waals surface area contributed by atoms with Crippen molar-refractivity contribution in [2.75, 3.05) is 5.73 Å². The fourth-order valence-electron chi connectivity index (χ4n) is 1.62. The molecule has 0 radical (unpaired) electrons. The minimum atomic E-state index is 0.600. The molecule has 0 spiro atoms. The van der Waals surface area contributed by atoms with Crippen LogP contribution in [0.2, 0.25) is 5.02 Å². The van der Waals surface area contributed by atoms with Crippen LogP contribution in [-0.2, 0) is 5.75 Å². The number of hydrogen-bond donors (Lipinski definition) is 1. The molecule has 0 saturated carbocycles. The number of anilines is 1. The average Bonchev–Trinajstić information content (AvgIpc) is 3.06. The minimum Gasteiger partial charge on any atom is -0.375 e. The summed E-state index contributed by atoms with van der Waals surface area (Å²) in [5.74, 6) is 0.808. The summed E-state index contributed by atoms with van der Waals surface area (Å²) in [7, 11) is 0. The van der Waals surface area contributed by atoms with Crippen molar-refractivity contribution in [2.24, 2.45) is 0 Å². The Morgan fingerprint density at radius 2 is 2.15 bits per heavy atom. The van der Waals surface area contributed by atoms with Gasteiger partial charge >= 0.3 is 0 Å². The van der Waals surface area contributed by atoms with Crippen LogP contribution in [0.1, 0.15) is 5.69 Å². The van der Waals surface area contributed by atoms with Crippen LogP contribution in [0, 0.1) is 0 Å². The van der Waals surface area contributed by atoms with E-state index in [-0.39, 0.29) is 0 Å². The zero-order chi connectivity index (χ0) is 13.9. The highest BCUT2D eigenvalue weighted by Gasteiger charge is 2.09. The molecular formula is C13H10ClN3S3. The third-order valence-electron chi connectivity index (χ3n) is 2.52.